The third-order valence-corrected chi connectivity index (χ3v) is 3.35. The highest BCUT2D eigenvalue weighted by Gasteiger charge is 2.10. The lowest BCUT2D eigenvalue weighted by Gasteiger charge is -2.08. The number of hydroxylamine groups is 1. The Kier molecular flexibility index (Phi) is 5.11. The molecule has 1 N–H and O–H groups in total. The topological polar surface area (TPSA) is 73.9 Å². The molecule has 0 spiro atoms. The van der Waals surface area contributed by atoms with Crippen molar-refractivity contribution in [1.82, 2.24) is 5.48 Å². The molecule has 6 nitrogen and oxygen atoms in total. The number of hydrogen-bond acceptors (Lipinski definition) is 5. The number of carbonyl (C=O) groups is 2. The Hall–Kier alpha value is -3.54. The predicted molar refractivity (Wildman–Crippen MR) is 90.8 cm³/mol. The molecule has 25 heavy (non-hydrogen) atoms. The Balaban J connectivity index is 1.46. The van der Waals surface area contributed by atoms with E-state index in [9.17, 15) is 9.59 Å². The summed E-state index contributed by atoms with van der Waals surface area (Å²) in [5.41, 5.74) is 2.69. The largest absolute Gasteiger partial charge is 0.539 e. The average Bonchev–Trinajstić information content (AvgIpc) is 2.65. The smallest absolute Gasteiger partial charge is 0.443 e. The van der Waals surface area contributed by atoms with Gasteiger partial charge in [-0.25, -0.2) is 9.59 Å². The molecule has 0 unspecified atom stereocenters. The molecule has 0 aliphatic rings. The van der Waals surface area contributed by atoms with Crippen molar-refractivity contribution in [3.05, 3.63) is 78.4 Å². The first-order valence-corrected chi connectivity index (χ1v) is 7.55. The van der Waals surface area contributed by atoms with Gasteiger partial charge in [0.1, 0.15) is 12.4 Å². The zero-order chi connectivity index (χ0) is 17.5. The highest BCUT2D eigenvalue weighted by Crippen LogP contribution is 2.20. The molecule has 0 heterocycles. The van der Waals surface area contributed by atoms with E-state index in [1.165, 1.54) is 0 Å². The van der Waals surface area contributed by atoms with Gasteiger partial charge in [0.25, 0.3) is 0 Å². The number of ether oxygens (including phenoxy) is 2. The van der Waals surface area contributed by atoms with Crippen LogP contribution >= 0.6 is 0 Å². The first-order valence-electron chi connectivity index (χ1n) is 7.55. The Morgan fingerprint density at radius 2 is 1.56 bits per heavy atom. The van der Waals surface area contributed by atoms with Crippen molar-refractivity contribution < 1.29 is 23.9 Å². The Morgan fingerprint density at radius 3 is 2.36 bits per heavy atom. The Labute approximate surface area is 143 Å². The molecular weight excluding hydrogens is 322 g/mol. The standard InChI is InChI=1S/C19H15NO5/c21-18(23-13-14-6-2-1-3-7-14)20-25-19(22)24-17-11-10-15-8-4-5-9-16(15)12-17/h1-12H,13H2,(H,20,21). The summed E-state index contributed by atoms with van der Waals surface area (Å²) in [4.78, 5) is 27.6. The molecule has 0 bridgehead atoms. The van der Waals surface area contributed by atoms with E-state index in [0.29, 0.717) is 5.75 Å². The van der Waals surface area contributed by atoms with Crippen molar-refractivity contribution in [2.45, 2.75) is 6.61 Å². The summed E-state index contributed by atoms with van der Waals surface area (Å²) in [6.07, 6.45) is -1.95. The molecule has 0 aliphatic heterocycles. The number of rotatable bonds is 3. The van der Waals surface area contributed by atoms with Crippen molar-refractivity contribution in [1.29, 1.82) is 0 Å². The van der Waals surface area contributed by atoms with Crippen LogP contribution in [-0.4, -0.2) is 12.2 Å². The van der Waals surface area contributed by atoms with Crippen LogP contribution in [0.5, 0.6) is 5.75 Å². The first kappa shape index (κ1) is 16.3. The molecule has 3 rings (SSSR count). The van der Waals surface area contributed by atoms with Crippen molar-refractivity contribution in [3.63, 3.8) is 0 Å². The third-order valence-electron chi connectivity index (χ3n) is 3.35. The number of carbonyl (C=O) groups excluding carboxylic acids is 2. The van der Waals surface area contributed by atoms with Crippen LogP contribution in [0.3, 0.4) is 0 Å². The maximum atomic E-state index is 11.6. The van der Waals surface area contributed by atoms with Crippen LogP contribution in [0.1, 0.15) is 5.56 Å². The van der Waals surface area contributed by atoms with Crippen LogP contribution in [0.15, 0.2) is 72.8 Å². The van der Waals surface area contributed by atoms with E-state index in [-0.39, 0.29) is 6.61 Å². The molecule has 6 heteroatoms. The fraction of sp³-hybridized carbons (Fsp3) is 0.0526. The summed E-state index contributed by atoms with van der Waals surface area (Å²) in [7, 11) is 0. The summed E-state index contributed by atoms with van der Waals surface area (Å²) in [6.45, 7) is 0.0652. The monoisotopic (exact) mass is 337 g/mol. The van der Waals surface area contributed by atoms with Crippen LogP contribution in [0, 0.1) is 0 Å². The maximum Gasteiger partial charge on any atom is 0.539 e. The van der Waals surface area contributed by atoms with Crippen LogP contribution in [-0.2, 0) is 16.2 Å². The van der Waals surface area contributed by atoms with Gasteiger partial charge in [0.15, 0.2) is 0 Å². The van der Waals surface area contributed by atoms with Gasteiger partial charge in [-0.1, -0.05) is 60.7 Å². The van der Waals surface area contributed by atoms with Crippen molar-refractivity contribution in [3.8, 4) is 5.75 Å². The highest BCUT2D eigenvalue weighted by atomic mass is 16.8. The first-order chi connectivity index (χ1) is 12.2. The molecule has 0 saturated heterocycles. The normalized spacial score (nSPS) is 10.1. The zero-order valence-electron chi connectivity index (χ0n) is 13.2. The second-order valence-corrected chi connectivity index (χ2v) is 5.13. The molecule has 0 aromatic heterocycles. The van der Waals surface area contributed by atoms with E-state index >= 15 is 0 Å². The lowest BCUT2D eigenvalue weighted by Crippen LogP contribution is -2.29. The van der Waals surface area contributed by atoms with Gasteiger partial charge in [-0.15, -0.1) is 5.48 Å². The van der Waals surface area contributed by atoms with E-state index in [1.807, 2.05) is 66.1 Å². The molecule has 126 valence electrons. The summed E-state index contributed by atoms with van der Waals surface area (Å²) < 4.78 is 9.91. The van der Waals surface area contributed by atoms with Crippen LogP contribution in [0.25, 0.3) is 10.8 Å². The predicted octanol–water partition coefficient (Wildman–Crippen LogP) is 4.20. The lowest BCUT2D eigenvalue weighted by molar-refractivity contribution is 0.0363. The Morgan fingerprint density at radius 1 is 0.840 bits per heavy atom. The molecule has 0 atom stereocenters. The average molecular weight is 337 g/mol. The van der Waals surface area contributed by atoms with E-state index in [2.05, 4.69) is 4.84 Å². The molecule has 0 aliphatic carbocycles. The van der Waals surface area contributed by atoms with Gasteiger partial charge >= 0.3 is 12.2 Å². The van der Waals surface area contributed by atoms with Crippen LogP contribution < -0.4 is 10.2 Å². The Bertz CT molecular complexity index is 879. The molecule has 0 saturated carbocycles. The number of hydrogen-bond donors (Lipinski definition) is 1. The molecule has 3 aromatic carbocycles. The number of amides is 1. The van der Waals surface area contributed by atoms with Gasteiger partial charge in [-0.2, -0.15) is 0 Å². The van der Waals surface area contributed by atoms with Gasteiger partial charge in [0.05, 0.1) is 0 Å². The second-order valence-electron chi connectivity index (χ2n) is 5.13. The van der Waals surface area contributed by atoms with Gasteiger partial charge in [0.2, 0.25) is 0 Å². The van der Waals surface area contributed by atoms with Crippen molar-refractivity contribution in [2.24, 2.45) is 0 Å². The number of nitrogens with one attached hydrogen (secondary N) is 1. The van der Waals surface area contributed by atoms with Crippen molar-refractivity contribution in [2.75, 3.05) is 0 Å². The van der Waals surface area contributed by atoms with E-state index in [1.54, 1.807) is 12.1 Å². The number of benzene rings is 3. The third kappa shape index (κ3) is 4.71. The summed E-state index contributed by atoms with van der Waals surface area (Å²) in [6, 6.07) is 21.9. The zero-order valence-corrected chi connectivity index (χ0v) is 13.2. The number of fused-ring (bicyclic) bond motifs is 1. The SMILES string of the molecule is O=C(NOC(=O)Oc1ccc2ccccc2c1)OCc1ccccc1. The summed E-state index contributed by atoms with van der Waals surface area (Å²) in [5, 5.41) is 1.94. The molecular formula is C19H15NO5. The molecule has 0 radical (unpaired) electrons. The van der Waals surface area contributed by atoms with Gasteiger partial charge < -0.3 is 14.3 Å². The summed E-state index contributed by atoms with van der Waals surface area (Å²) in [5.74, 6) is 0.308. The van der Waals surface area contributed by atoms with Gasteiger partial charge in [-0.3, -0.25) is 0 Å². The minimum Gasteiger partial charge on any atom is -0.443 e. The second kappa shape index (κ2) is 7.83. The minimum atomic E-state index is -1.06. The molecule has 0 fully saturated rings. The van der Waals surface area contributed by atoms with Crippen LogP contribution in [0.2, 0.25) is 0 Å². The quantitative estimate of drug-likeness (QED) is 0.440. The highest BCUT2D eigenvalue weighted by molar-refractivity contribution is 5.84. The minimum absolute atomic E-state index is 0.0652. The maximum absolute atomic E-state index is 11.6. The lowest BCUT2D eigenvalue weighted by atomic mass is 10.1. The van der Waals surface area contributed by atoms with E-state index < -0.39 is 12.2 Å². The van der Waals surface area contributed by atoms with Crippen LogP contribution in [0.4, 0.5) is 9.59 Å². The fourth-order valence-electron chi connectivity index (χ4n) is 2.18. The summed E-state index contributed by atoms with van der Waals surface area (Å²) >= 11 is 0. The van der Waals surface area contributed by atoms with Gasteiger partial charge in [-0.05, 0) is 28.5 Å². The molecule has 3 aromatic rings. The van der Waals surface area contributed by atoms with Crippen molar-refractivity contribution >= 4 is 23.0 Å². The van der Waals surface area contributed by atoms with E-state index in [0.717, 1.165) is 16.3 Å². The molecule has 1 amide bonds. The van der Waals surface area contributed by atoms with Gasteiger partial charge in [0, 0.05) is 0 Å². The fourth-order valence-corrected chi connectivity index (χ4v) is 2.18. The van der Waals surface area contributed by atoms with E-state index in [4.69, 9.17) is 9.47 Å².